The number of hydrogen-bond acceptors (Lipinski definition) is 6. The molecule has 2 amide bonds. The van der Waals surface area contributed by atoms with Gasteiger partial charge in [-0.3, -0.25) is 13.9 Å². The third-order valence-electron chi connectivity index (χ3n) is 5.74. The first-order valence-electron chi connectivity index (χ1n) is 11.4. The largest absolute Gasteiger partial charge is 0.493 e. The number of hydrogen-bond donors (Lipinski definition) is 1. The molecule has 0 aromatic heterocycles. The molecule has 9 nitrogen and oxygen atoms in total. The summed E-state index contributed by atoms with van der Waals surface area (Å²) < 4.78 is 37.8. The van der Waals surface area contributed by atoms with Crippen LogP contribution in [-0.4, -0.2) is 64.2 Å². The summed E-state index contributed by atoms with van der Waals surface area (Å²) >= 11 is 3.43. The maximum Gasteiger partial charge on any atom is 0.244 e. The highest BCUT2D eigenvalue weighted by atomic mass is 79.9. The summed E-state index contributed by atoms with van der Waals surface area (Å²) in [6, 6.07) is 11.1. The van der Waals surface area contributed by atoms with Crippen molar-refractivity contribution in [1.29, 1.82) is 0 Å². The fraction of sp³-hybridized carbons (Fsp3) is 0.440. The number of nitrogens with zero attached hydrogens (tertiary/aromatic N) is 2. The zero-order valence-corrected chi connectivity index (χ0v) is 23.9. The maximum atomic E-state index is 13.6. The van der Waals surface area contributed by atoms with Gasteiger partial charge in [-0.05, 0) is 50.1 Å². The van der Waals surface area contributed by atoms with Crippen LogP contribution in [0.2, 0.25) is 0 Å². The molecule has 2 rings (SSSR count). The van der Waals surface area contributed by atoms with Crippen LogP contribution in [0.4, 0.5) is 5.69 Å². The van der Waals surface area contributed by atoms with Gasteiger partial charge >= 0.3 is 0 Å². The summed E-state index contributed by atoms with van der Waals surface area (Å²) in [6.45, 7) is 5.09. The van der Waals surface area contributed by atoms with Gasteiger partial charge in [-0.25, -0.2) is 8.42 Å². The number of halogens is 1. The fourth-order valence-electron chi connectivity index (χ4n) is 3.47. The van der Waals surface area contributed by atoms with E-state index in [1.54, 1.807) is 13.0 Å². The maximum absolute atomic E-state index is 13.6. The average Bonchev–Trinajstić information content (AvgIpc) is 2.83. The molecule has 0 aliphatic rings. The van der Waals surface area contributed by atoms with Gasteiger partial charge in [-0.15, -0.1) is 0 Å². The molecule has 0 saturated carbocycles. The molecule has 198 valence electrons. The second-order valence-corrected chi connectivity index (χ2v) is 11.3. The number of rotatable bonds is 12. The standard InChI is InChI=1S/C25H34BrN3O6S/c1-7-17(2)27-25(31)18(3)28(15-19-9-8-10-20(26)13-19)24(30)16-29(36(6,32)33)21-11-12-22(34-4)23(14-21)35-5/h8-14,17-18H,7,15-16H2,1-6H3,(H,27,31). The Morgan fingerprint density at radius 2 is 1.72 bits per heavy atom. The molecule has 1 N–H and O–H groups in total. The van der Waals surface area contributed by atoms with Crippen LogP contribution in [0.25, 0.3) is 0 Å². The van der Waals surface area contributed by atoms with E-state index in [2.05, 4.69) is 21.2 Å². The fourth-order valence-corrected chi connectivity index (χ4v) is 4.76. The summed E-state index contributed by atoms with van der Waals surface area (Å²) in [5, 5.41) is 2.90. The molecule has 0 aliphatic heterocycles. The predicted molar refractivity (Wildman–Crippen MR) is 144 cm³/mol. The molecule has 2 aromatic rings. The Bertz CT molecular complexity index is 1170. The normalized spacial score (nSPS) is 12.9. The molecule has 0 radical (unpaired) electrons. The van der Waals surface area contributed by atoms with E-state index in [1.165, 1.54) is 31.3 Å². The van der Waals surface area contributed by atoms with Crippen molar-refractivity contribution in [2.45, 2.75) is 45.8 Å². The molecule has 2 aromatic carbocycles. The molecule has 2 unspecified atom stereocenters. The quantitative estimate of drug-likeness (QED) is 0.409. The second-order valence-electron chi connectivity index (χ2n) is 8.45. The van der Waals surface area contributed by atoms with Gasteiger partial charge in [0.05, 0.1) is 26.2 Å². The highest BCUT2D eigenvalue weighted by Gasteiger charge is 2.30. The van der Waals surface area contributed by atoms with Crippen LogP contribution in [-0.2, 0) is 26.2 Å². The van der Waals surface area contributed by atoms with Gasteiger partial charge in [-0.2, -0.15) is 0 Å². The first-order chi connectivity index (χ1) is 16.9. The Kier molecular flexibility index (Phi) is 10.6. The van der Waals surface area contributed by atoms with Gasteiger partial charge in [0, 0.05) is 23.1 Å². The van der Waals surface area contributed by atoms with Crippen LogP contribution in [0.1, 0.15) is 32.8 Å². The predicted octanol–water partition coefficient (Wildman–Crippen LogP) is 3.56. The topological polar surface area (TPSA) is 105 Å². The molecule has 2 atom stereocenters. The average molecular weight is 585 g/mol. The van der Waals surface area contributed by atoms with E-state index < -0.39 is 28.5 Å². The first kappa shape index (κ1) is 29.4. The van der Waals surface area contributed by atoms with Gasteiger partial charge in [-0.1, -0.05) is 35.0 Å². The van der Waals surface area contributed by atoms with Crippen molar-refractivity contribution in [1.82, 2.24) is 10.2 Å². The summed E-state index contributed by atoms with van der Waals surface area (Å²) in [4.78, 5) is 27.9. The van der Waals surface area contributed by atoms with Crippen molar-refractivity contribution in [3.8, 4) is 11.5 Å². The number of carbonyl (C=O) groups is 2. The van der Waals surface area contributed by atoms with E-state index in [4.69, 9.17) is 9.47 Å². The van der Waals surface area contributed by atoms with Gasteiger partial charge < -0.3 is 19.7 Å². The third-order valence-corrected chi connectivity index (χ3v) is 7.38. The van der Waals surface area contributed by atoms with Crippen LogP contribution in [0.3, 0.4) is 0 Å². The molecule has 0 heterocycles. The van der Waals surface area contributed by atoms with Crippen molar-refractivity contribution in [2.75, 3.05) is 31.3 Å². The van der Waals surface area contributed by atoms with Gasteiger partial charge in [0.25, 0.3) is 0 Å². The Hall–Kier alpha value is -2.79. The van der Waals surface area contributed by atoms with E-state index in [0.29, 0.717) is 11.5 Å². The van der Waals surface area contributed by atoms with E-state index in [1.807, 2.05) is 38.1 Å². The molecular weight excluding hydrogens is 550 g/mol. The minimum absolute atomic E-state index is 0.0675. The molecular formula is C25H34BrN3O6S. The van der Waals surface area contributed by atoms with E-state index in [-0.39, 0.29) is 24.2 Å². The van der Waals surface area contributed by atoms with Crippen molar-refractivity contribution < 1.29 is 27.5 Å². The molecule has 0 bridgehead atoms. The minimum atomic E-state index is -3.86. The SMILES string of the molecule is CCC(C)NC(=O)C(C)N(Cc1cccc(Br)c1)C(=O)CN(c1ccc(OC)c(OC)c1)S(C)(=O)=O. The van der Waals surface area contributed by atoms with Gasteiger partial charge in [0.1, 0.15) is 12.6 Å². The highest BCUT2D eigenvalue weighted by Crippen LogP contribution is 2.32. The third kappa shape index (κ3) is 7.86. The Labute approximate surface area is 221 Å². The number of anilines is 1. The van der Waals surface area contributed by atoms with E-state index >= 15 is 0 Å². The summed E-state index contributed by atoms with van der Waals surface area (Å²) in [7, 11) is -0.946. The van der Waals surface area contributed by atoms with Crippen molar-refractivity contribution in [3.05, 3.63) is 52.5 Å². The van der Waals surface area contributed by atoms with Gasteiger partial charge in [0.15, 0.2) is 11.5 Å². The summed E-state index contributed by atoms with van der Waals surface area (Å²) in [5.41, 5.74) is 1.03. The number of amides is 2. The Morgan fingerprint density at radius 1 is 1.06 bits per heavy atom. The lowest BCUT2D eigenvalue weighted by atomic mass is 10.1. The highest BCUT2D eigenvalue weighted by molar-refractivity contribution is 9.10. The van der Waals surface area contributed by atoms with E-state index in [0.717, 1.165) is 27.0 Å². The molecule has 36 heavy (non-hydrogen) atoms. The number of methoxy groups -OCH3 is 2. The van der Waals surface area contributed by atoms with Crippen molar-refractivity contribution in [2.24, 2.45) is 0 Å². The monoisotopic (exact) mass is 583 g/mol. The smallest absolute Gasteiger partial charge is 0.244 e. The Morgan fingerprint density at radius 3 is 2.28 bits per heavy atom. The molecule has 0 aliphatic carbocycles. The number of carbonyl (C=O) groups excluding carboxylic acids is 2. The molecule has 11 heteroatoms. The molecule has 0 spiro atoms. The van der Waals surface area contributed by atoms with Crippen LogP contribution in [0.15, 0.2) is 46.9 Å². The number of benzene rings is 2. The van der Waals surface area contributed by atoms with Crippen LogP contribution < -0.4 is 19.1 Å². The lowest BCUT2D eigenvalue weighted by molar-refractivity contribution is -0.139. The number of sulfonamides is 1. The van der Waals surface area contributed by atoms with E-state index in [9.17, 15) is 18.0 Å². The lowest BCUT2D eigenvalue weighted by Crippen LogP contribution is -2.52. The van der Waals surface area contributed by atoms with Crippen LogP contribution in [0.5, 0.6) is 11.5 Å². The van der Waals surface area contributed by atoms with Crippen LogP contribution in [0, 0.1) is 0 Å². The molecule has 0 fully saturated rings. The summed E-state index contributed by atoms with van der Waals surface area (Å²) in [5.74, 6) is -0.0947. The first-order valence-corrected chi connectivity index (χ1v) is 14.1. The van der Waals surface area contributed by atoms with Crippen LogP contribution >= 0.6 is 15.9 Å². The Balaban J connectivity index is 2.44. The second kappa shape index (κ2) is 13.0. The van der Waals surface area contributed by atoms with Crippen molar-refractivity contribution in [3.63, 3.8) is 0 Å². The zero-order chi connectivity index (χ0) is 27.0. The lowest BCUT2D eigenvalue weighted by Gasteiger charge is -2.32. The van der Waals surface area contributed by atoms with Gasteiger partial charge in [0.2, 0.25) is 21.8 Å². The zero-order valence-electron chi connectivity index (χ0n) is 21.4. The molecule has 0 saturated heterocycles. The number of ether oxygens (including phenoxy) is 2. The summed E-state index contributed by atoms with van der Waals surface area (Å²) in [6.07, 6.45) is 1.76. The van der Waals surface area contributed by atoms with Crippen molar-refractivity contribution >= 4 is 43.5 Å². The number of nitrogens with one attached hydrogen (secondary N) is 1. The minimum Gasteiger partial charge on any atom is -0.493 e.